The van der Waals surface area contributed by atoms with Gasteiger partial charge in [0.25, 0.3) is 0 Å². The molecule has 96 valence electrons. The van der Waals surface area contributed by atoms with Crippen LogP contribution in [0.2, 0.25) is 0 Å². The molecule has 1 aliphatic carbocycles. The van der Waals surface area contributed by atoms with Crippen molar-refractivity contribution >= 4 is 0 Å². The van der Waals surface area contributed by atoms with Crippen molar-refractivity contribution in [2.75, 3.05) is 0 Å². The van der Waals surface area contributed by atoms with Crippen LogP contribution in [-0.2, 0) is 13.1 Å². The molecule has 0 bridgehead atoms. The van der Waals surface area contributed by atoms with Crippen molar-refractivity contribution in [3.05, 3.63) is 24.0 Å². The van der Waals surface area contributed by atoms with Crippen LogP contribution in [0.1, 0.15) is 45.6 Å². The topological polar surface area (TPSA) is 17.0 Å². The molecule has 1 N–H and O–H groups in total. The fourth-order valence-corrected chi connectivity index (χ4v) is 2.89. The summed E-state index contributed by atoms with van der Waals surface area (Å²) in [6.45, 7) is 9.15. The number of aryl methyl sites for hydroxylation is 1. The van der Waals surface area contributed by atoms with Crippen molar-refractivity contribution in [3.63, 3.8) is 0 Å². The molecule has 1 aromatic heterocycles. The van der Waals surface area contributed by atoms with E-state index in [-0.39, 0.29) is 0 Å². The van der Waals surface area contributed by atoms with Crippen LogP contribution in [0.25, 0.3) is 0 Å². The molecule has 3 atom stereocenters. The smallest absolute Gasteiger partial charge is 0.0223 e. The summed E-state index contributed by atoms with van der Waals surface area (Å²) in [5, 5.41) is 3.72. The molecule has 0 spiro atoms. The van der Waals surface area contributed by atoms with E-state index in [0.29, 0.717) is 0 Å². The normalized spacial score (nSPS) is 28.8. The highest BCUT2D eigenvalue weighted by Gasteiger charge is 2.28. The first kappa shape index (κ1) is 12.7. The van der Waals surface area contributed by atoms with Gasteiger partial charge in [-0.05, 0) is 42.7 Å². The van der Waals surface area contributed by atoms with Crippen LogP contribution in [0.15, 0.2) is 18.5 Å². The van der Waals surface area contributed by atoms with Crippen molar-refractivity contribution in [2.24, 2.45) is 11.8 Å². The second-order valence-electron chi connectivity index (χ2n) is 5.66. The summed E-state index contributed by atoms with van der Waals surface area (Å²) in [5.41, 5.74) is 1.42. The molecular formula is C15H26N2. The number of hydrogen-bond acceptors (Lipinski definition) is 1. The van der Waals surface area contributed by atoms with Crippen molar-refractivity contribution in [1.82, 2.24) is 9.88 Å². The van der Waals surface area contributed by atoms with Gasteiger partial charge in [-0.1, -0.05) is 20.8 Å². The van der Waals surface area contributed by atoms with Gasteiger partial charge in [-0.3, -0.25) is 0 Å². The van der Waals surface area contributed by atoms with Gasteiger partial charge >= 0.3 is 0 Å². The third kappa shape index (κ3) is 3.12. The predicted molar refractivity (Wildman–Crippen MR) is 72.9 cm³/mol. The SMILES string of the molecule is CCCn1ccc(CNC2CCC(C)C2C)c1. The highest BCUT2D eigenvalue weighted by atomic mass is 15.0. The molecule has 0 radical (unpaired) electrons. The van der Waals surface area contributed by atoms with E-state index in [9.17, 15) is 0 Å². The second kappa shape index (κ2) is 5.72. The Morgan fingerprint density at radius 3 is 2.82 bits per heavy atom. The third-order valence-corrected chi connectivity index (χ3v) is 4.33. The maximum atomic E-state index is 3.72. The lowest BCUT2D eigenvalue weighted by molar-refractivity contribution is 0.370. The Balaban J connectivity index is 1.81. The van der Waals surface area contributed by atoms with E-state index >= 15 is 0 Å². The maximum absolute atomic E-state index is 3.72. The van der Waals surface area contributed by atoms with Crippen molar-refractivity contribution in [1.29, 1.82) is 0 Å². The maximum Gasteiger partial charge on any atom is 0.0223 e. The first-order chi connectivity index (χ1) is 8.20. The highest BCUT2D eigenvalue weighted by Crippen LogP contribution is 2.31. The average molecular weight is 234 g/mol. The zero-order chi connectivity index (χ0) is 12.3. The molecular weight excluding hydrogens is 208 g/mol. The monoisotopic (exact) mass is 234 g/mol. The third-order valence-electron chi connectivity index (χ3n) is 4.33. The van der Waals surface area contributed by atoms with Gasteiger partial charge in [0.2, 0.25) is 0 Å². The zero-order valence-electron chi connectivity index (χ0n) is 11.4. The van der Waals surface area contributed by atoms with Crippen LogP contribution in [0.4, 0.5) is 0 Å². The number of nitrogens with zero attached hydrogens (tertiary/aromatic N) is 1. The minimum absolute atomic E-state index is 0.722. The van der Waals surface area contributed by atoms with Gasteiger partial charge in [-0.15, -0.1) is 0 Å². The predicted octanol–water partition coefficient (Wildman–Crippen LogP) is 3.42. The van der Waals surface area contributed by atoms with Crippen LogP contribution in [-0.4, -0.2) is 10.6 Å². The van der Waals surface area contributed by atoms with Gasteiger partial charge < -0.3 is 9.88 Å². The van der Waals surface area contributed by atoms with Gasteiger partial charge in [-0.25, -0.2) is 0 Å². The fourth-order valence-electron chi connectivity index (χ4n) is 2.89. The summed E-state index contributed by atoms with van der Waals surface area (Å²) >= 11 is 0. The number of hydrogen-bond donors (Lipinski definition) is 1. The Morgan fingerprint density at radius 1 is 1.35 bits per heavy atom. The Bertz CT molecular complexity index is 342. The average Bonchev–Trinajstić information content (AvgIpc) is 2.87. The number of nitrogens with one attached hydrogen (secondary N) is 1. The largest absolute Gasteiger partial charge is 0.354 e. The summed E-state index contributed by atoms with van der Waals surface area (Å²) in [7, 11) is 0. The van der Waals surface area contributed by atoms with Gasteiger partial charge in [0.1, 0.15) is 0 Å². The molecule has 1 saturated carbocycles. The molecule has 2 rings (SSSR count). The summed E-state index contributed by atoms with van der Waals surface area (Å²) in [6, 6.07) is 2.96. The van der Waals surface area contributed by atoms with E-state index in [0.717, 1.165) is 31.0 Å². The van der Waals surface area contributed by atoms with E-state index in [1.807, 2.05) is 0 Å². The first-order valence-corrected chi connectivity index (χ1v) is 7.08. The fraction of sp³-hybridized carbons (Fsp3) is 0.733. The molecule has 1 heterocycles. The summed E-state index contributed by atoms with van der Waals surface area (Å²) in [6.07, 6.45) is 8.41. The van der Waals surface area contributed by atoms with Crippen molar-refractivity contribution in [3.8, 4) is 0 Å². The van der Waals surface area contributed by atoms with Crippen molar-refractivity contribution in [2.45, 2.75) is 59.2 Å². The molecule has 1 aliphatic rings. The minimum Gasteiger partial charge on any atom is -0.354 e. The lowest BCUT2D eigenvalue weighted by Gasteiger charge is -2.19. The van der Waals surface area contributed by atoms with E-state index in [4.69, 9.17) is 0 Å². The molecule has 1 fully saturated rings. The first-order valence-electron chi connectivity index (χ1n) is 7.08. The molecule has 17 heavy (non-hydrogen) atoms. The van der Waals surface area contributed by atoms with Gasteiger partial charge in [-0.2, -0.15) is 0 Å². The minimum atomic E-state index is 0.722. The van der Waals surface area contributed by atoms with Gasteiger partial charge in [0.05, 0.1) is 0 Å². The molecule has 0 amide bonds. The van der Waals surface area contributed by atoms with E-state index in [2.05, 4.69) is 49.1 Å². The number of aromatic nitrogens is 1. The molecule has 2 heteroatoms. The molecule has 3 unspecified atom stereocenters. The van der Waals surface area contributed by atoms with Crippen LogP contribution in [0.3, 0.4) is 0 Å². The van der Waals surface area contributed by atoms with Crippen LogP contribution < -0.4 is 5.32 Å². The van der Waals surface area contributed by atoms with Gasteiger partial charge in [0.15, 0.2) is 0 Å². The quantitative estimate of drug-likeness (QED) is 0.826. The van der Waals surface area contributed by atoms with Crippen LogP contribution in [0, 0.1) is 11.8 Å². The molecule has 1 aromatic rings. The Hall–Kier alpha value is -0.760. The summed E-state index contributed by atoms with van der Waals surface area (Å²) < 4.78 is 2.29. The Morgan fingerprint density at radius 2 is 2.18 bits per heavy atom. The summed E-state index contributed by atoms with van der Waals surface area (Å²) in [5.74, 6) is 1.71. The van der Waals surface area contributed by atoms with E-state index < -0.39 is 0 Å². The van der Waals surface area contributed by atoms with Gasteiger partial charge in [0, 0.05) is 31.5 Å². The van der Waals surface area contributed by atoms with E-state index in [1.165, 1.54) is 24.8 Å². The second-order valence-corrected chi connectivity index (χ2v) is 5.66. The molecule has 2 nitrogen and oxygen atoms in total. The lowest BCUT2D eigenvalue weighted by atomic mass is 9.98. The van der Waals surface area contributed by atoms with Crippen molar-refractivity contribution < 1.29 is 0 Å². The Labute approximate surface area is 105 Å². The van der Waals surface area contributed by atoms with Crippen LogP contribution in [0.5, 0.6) is 0 Å². The summed E-state index contributed by atoms with van der Waals surface area (Å²) in [4.78, 5) is 0. The van der Waals surface area contributed by atoms with E-state index in [1.54, 1.807) is 0 Å². The zero-order valence-corrected chi connectivity index (χ0v) is 11.4. The highest BCUT2D eigenvalue weighted by molar-refractivity contribution is 5.10. The molecule has 0 aromatic carbocycles. The molecule has 0 saturated heterocycles. The Kier molecular flexibility index (Phi) is 4.27. The number of rotatable bonds is 5. The lowest BCUT2D eigenvalue weighted by Crippen LogP contribution is -2.31. The molecule has 0 aliphatic heterocycles. The standard InChI is InChI=1S/C15H26N2/c1-4-8-17-9-7-14(11-17)10-16-15-6-5-12(2)13(15)3/h7,9,11-13,15-16H,4-6,8,10H2,1-3H3. The van der Waals surface area contributed by atoms with Crippen LogP contribution >= 0.6 is 0 Å².